The van der Waals surface area contributed by atoms with Crippen LogP contribution in [0.5, 0.6) is 0 Å². The van der Waals surface area contributed by atoms with Crippen molar-refractivity contribution in [2.75, 3.05) is 0 Å². The van der Waals surface area contributed by atoms with Crippen molar-refractivity contribution in [1.82, 2.24) is 15.0 Å². The summed E-state index contributed by atoms with van der Waals surface area (Å²) in [6, 6.07) is 0. The van der Waals surface area contributed by atoms with E-state index in [2.05, 4.69) is 15.0 Å². The van der Waals surface area contributed by atoms with Crippen LogP contribution in [0.25, 0.3) is 10.6 Å². The van der Waals surface area contributed by atoms with E-state index < -0.39 is 0 Å². The second-order valence-electron chi connectivity index (χ2n) is 2.13. The van der Waals surface area contributed by atoms with Crippen LogP contribution in [0.4, 0.5) is 0 Å². The van der Waals surface area contributed by atoms with Crippen LogP contribution in [0.2, 0.25) is 0 Å². The fraction of sp³-hybridized carbons (Fsp3) is 0. The minimum absolute atomic E-state index is 0.0735. The molecule has 0 aromatic carbocycles. The number of rotatable bonds is 1. The number of aromatic amines is 1. The van der Waals surface area contributed by atoms with E-state index in [1.165, 1.54) is 0 Å². The van der Waals surface area contributed by atoms with Crippen LogP contribution in [0.15, 0.2) is 29.6 Å². The molecule has 0 saturated carbocycles. The second kappa shape index (κ2) is 2.86. The molecule has 5 heteroatoms. The Morgan fingerprint density at radius 2 is 2.33 bits per heavy atom. The Labute approximate surface area is 71.9 Å². The van der Waals surface area contributed by atoms with Gasteiger partial charge >= 0.3 is 4.87 Å². The molecule has 60 valence electrons. The summed E-state index contributed by atoms with van der Waals surface area (Å²) in [5.41, 5.74) is 0.723. The molecule has 1 N–H and O–H groups in total. The van der Waals surface area contributed by atoms with E-state index in [9.17, 15) is 4.79 Å². The van der Waals surface area contributed by atoms with Crippen molar-refractivity contribution in [3.05, 3.63) is 34.5 Å². The smallest absolute Gasteiger partial charge is 0.305 e. The Balaban J connectivity index is 2.51. The van der Waals surface area contributed by atoms with Crippen LogP contribution in [-0.4, -0.2) is 15.0 Å². The van der Waals surface area contributed by atoms with E-state index in [-0.39, 0.29) is 4.87 Å². The van der Waals surface area contributed by atoms with Crippen molar-refractivity contribution < 1.29 is 0 Å². The molecule has 0 bridgehead atoms. The monoisotopic (exact) mass is 179 g/mol. The van der Waals surface area contributed by atoms with Gasteiger partial charge < -0.3 is 4.98 Å². The van der Waals surface area contributed by atoms with Crippen LogP contribution in [0.1, 0.15) is 0 Å². The number of H-pyrrole nitrogens is 1. The summed E-state index contributed by atoms with van der Waals surface area (Å²) in [5, 5.41) is 0. The Kier molecular flexibility index (Phi) is 1.71. The van der Waals surface area contributed by atoms with Crippen molar-refractivity contribution in [3.63, 3.8) is 0 Å². The molecule has 2 aromatic heterocycles. The van der Waals surface area contributed by atoms with Gasteiger partial charge in [0.15, 0.2) is 0 Å². The molecule has 0 spiro atoms. The van der Waals surface area contributed by atoms with Gasteiger partial charge in [0.25, 0.3) is 0 Å². The van der Waals surface area contributed by atoms with E-state index in [1.54, 1.807) is 24.8 Å². The minimum Gasteiger partial charge on any atom is -0.319 e. The first-order valence-corrected chi connectivity index (χ1v) is 4.13. The van der Waals surface area contributed by atoms with E-state index in [0.29, 0.717) is 0 Å². The van der Waals surface area contributed by atoms with Crippen LogP contribution >= 0.6 is 11.3 Å². The van der Waals surface area contributed by atoms with Crippen molar-refractivity contribution in [2.24, 2.45) is 0 Å². The lowest BCUT2D eigenvalue weighted by atomic mass is 10.4. The summed E-state index contributed by atoms with van der Waals surface area (Å²) in [6.07, 6.45) is 6.45. The fourth-order valence-electron chi connectivity index (χ4n) is 0.836. The third-order valence-electron chi connectivity index (χ3n) is 1.34. The third kappa shape index (κ3) is 1.26. The number of hydrogen-bond donors (Lipinski definition) is 1. The number of aromatic nitrogens is 3. The lowest BCUT2D eigenvalue weighted by Gasteiger charge is -1.90. The summed E-state index contributed by atoms with van der Waals surface area (Å²) in [7, 11) is 0. The summed E-state index contributed by atoms with van der Waals surface area (Å²) in [4.78, 5) is 22.0. The molecule has 4 nitrogen and oxygen atoms in total. The van der Waals surface area contributed by atoms with Gasteiger partial charge in [-0.3, -0.25) is 14.8 Å². The molecular formula is C7H5N3OS. The molecule has 2 rings (SSSR count). The number of hydrogen-bond acceptors (Lipinski definition) is 4. The largest absolute Gasteiger partial charge is 0.319 e. The van der Waals surface area contributed by atoms with Crippen LogP contribution < -0.4 is 4.87 Å². The van der Waals surface area contributed by atoms with E-state index in [1.807, 2.05) is 0 Å². The average molecular weight is 179 g/mol. The van der Waals surface area contributed by atoms with Crippen molar-refractivity contribution >= 4 is 11.3 Å². The van der Waals surface area contributed by atoms with E-state index in [4.69, 9.17) is 0 Å². The van der Waals surface area contributed by atoms with Crippen LogP contribution in [0.3, 0.4) is 0 Å². The number of nitrogens with one attached hydrogen (secondary N) is 1. The van der Waals surface area contributed by atoms with Gasteiger partial charge in [-0.15, -0.1) is 0 Å². The minimum atomic E-state index is -0.0735. The first-order valence-electron chi connectivity index (χ1n) is 3.31. The predicted molar refractivity (Wildman–Crippen MR) is 46.0 cm³/mol. The van der Waals surface area contributed by atoms with Crippen molar-refractivity contribution in [1.29, 1.82) is 0 Å². The Morgan fingerprint density at radius 3 is 2.92 bits per heavy atom. The molecule has 0 radical (unpaired) electrons. The topological polar surface area (TPSA) is 58.6 Å². The van der Waals surface area contributed by atoms with Crippen LogP contribution in [-0.2, 0) is 0 Å². The Morgan fingerprint density at radius 1 is 1.42 bits per heavy atom. The SMILES string of the molecule is O=c1[nH]cc(-c2cnccn2)s1. The maximum absolute atomic E-state index is 10.8. The summed E-state index contributed by atoms with van der Waals surface area (Å²) >= 11 is 1.13. The van der Waals surface area contributed by atoms with Gasteiger partial charge in [-0.1, -0.05) is 11.3 Å². The summed E-state index contributed by atoms with van der Waals surface area (Å²) in [5.74, 6) is 0. The van der Waals surface area contributed by atoms with Crippen molar-refractivity contribution in [3.8, 4) is 10.6 Å². The van der Waals surface area contributed by atoms with Crippen molar-refractivity contribution in [2.45, 2.75) is 0 Å². The van der Waals surface area contributed by atoms with Gasteiger partial charge in [0.2, 0.25) is 0 Å². The highest BCUT2D eigenvalue weighted by Crippen LogP contribution is 2.15. The molecule has 0 fully saturated rings. The van der Waals surface area contributed by atoms with Gasteiger partial charge in [0.1, 0.15) is 5.69 Å². The first-order chi connectivity index (χ1) is 5.86. The average Bonchev–Trinajstić information content (AvgIpc) is 2.54. The van der Waals surface area contributed by atoms with Gasteiger partial charge in [0, 0.05) is 18.6 Å². The normalized spacial score (nSPS) is 10.0. The van der Waals surface area contributed by atoms with Gasteiger partial charge in [-0.2, -0.15) is 0 Å². The van der Waals surface area contributed by atoms with Gasteiger partial charge in [-0.25, -0.2) is 0 Å². The lowest BCUT2D eigenvalue weighted by molar-refractivity contribution is 1.21. The Hall–Kier alpha value is -1.49. The molecule has 0 aliphatic rings. The van der Waals surface area contributed by atoms with E-state index >= 15 is 0 Å². The molecular weight excluding hydrogens is 174 g/mol. The molecule has 0 atom stereocenters. The zero-order chi connectivity index (χ0) is 8.39. The fourth-order valence-corrected chi connectivity index (χ4v) is 1.48. The summed E-state index contributed by atoms with van der Waals surface area (Å²) in [6.45, 7) is 0. The Bertz CT molecular complexity index is 419. The lowest BCUT2D eigenvalue weighted by Crippen LogP contribution is -1.88. The zero-order valence-corrected chi connectivity index (χ0v) is 6.84. The predicted octanol–water partition coefficient (Wildman–Crippen LogP) is 0.893. The third-order valence-corrected chi connectivity index (χ3v) is 2.19. The molecule has 0 amide bonds. The molecule has 12 heavy (non-hydrogen) atoms. The molecule has 2 aromatic rings. The molecule has 0 aliphatic carbocycles. The standard InChI is InChI=1S/C7H5N3OS/c11-7-10-4-6(12-7)5-3-8-1-2-9-5/h1-4H,(H,10,11). The number of thiazole rings is 1. The first kappa shape index (κ1) is 7.17. The maximum Gasteiger partial charge on any atom is 0.305 e. The molecule has 0 unspecified atom stereocenters. The van der Waals surface area contributed by atoms with Crippen LogP contribution in [0, 0.1) is 0 Å². The molecule has 0 saturated heterocycles. The molecule has 0 aliphatic heterocycles. The highest BCUT2D eigenvalue weighted by molar-refractivity contribution is 7.12. The molecule has 2 heterocycles. The second-order valence-corrected chi connectivity index (χ2v) is 3.15. The maximum atomic E-state index is 10.8. The van der Waals surface area contributed by atoms with Gasteiger partial charge in [0.05, 0.1) is 11.1 Å². The van der Waals surface area contributed by atoms with E-state index in [0.717, 1.165) is 21.9 Å². The highest BCUT2D eigenvalue weighted by Gasteiger charge is 2.00. The highest BCUT2D eigenvalue weighted by atomic mass is 32.1. The zero-order valence-electron chi connectivity index (χ0n) is 6.02. The quantitative estimate of drug-likeness (QED) is 0.707. The number of nitrogens with zero attached hydrogens (tertiary/aromatic N) is 2. The van der Waals surface area contributed by atoms with Gasteiger partial charge in [-0.05, 0) is 0 Å². The summed E-state index contributed by atoms with van der Waals surface area (Å²) < 4.78 is 0.